The zero-order valence-electron chi connectivity index (χ0n) is 2.86. The molecule has 1 N–H and O–H groups in total. The molecule has 32 valence electrons. The molecule has 0 heterocycles. The smallest absolute Gasteiger partial charge is 0.218 e. The fourth-order valence-corrected chi connectivity index (χ4v) is 0.111. The van der Waals surface area contributed by atoms with Crippen molar-refractivity contribution in [3.05, 3.63) is 0 Å². The number of carbonyl (C=O) groups excluding carboxylic acids is 1. The van der Waals surface area contributed by atoms with Crippen LogP contribution in [0.15, 0.2) is 0 Å². The second-order valence-corrected chi connectivity index (χ2v) is 0.671. The molecule has 0 saturated heterocycles. The largest absolute Gasteiger partial charge is 0.287 e. The van der Waals surface area contributed by atoms with Crippen LogP contribution >= 0.6 is 11.6 Å². The molecule has 0 spiro atoms. The second-order valence-electron chi connectivity index (χ2n) is 0.482. The quantitative estimate of drug-likeness (QED) is 0.280. The molecule has 0 aliphatic rings. The topological polar surface area (TPSA) is 29.1 Å². The lowest BCUT2D eigenvalue weighted by molar-refractivity contribution is -0.108. The lowest BCUT2D eigenvalue weighted by Crippen LogP contribution is -1.98. The molecular formula is C3H2ClNO. The van der Waals surface area contributed by atoms with Crippen molar-refractivity contribution in [2.75, 3.05) is 0 Å². The fraction of sp³-hybridized carbons (Fsp3) is 0. The third kappa shape index (κ3) is 3.32. The predicted molar refractivity (Wildman–Crippen MR) is 22.8 cm³/mol. The van der Waals surface area contributed by atoms with Crippen LogP contribution in [-0.2, 0) is 4.79 Å². The molecule has 2 nitrogen and oxygen atoms in total. The summed E-state index contributed by atoms with van der Waals surface area (Å²) in [7, 11) is 0. The predicted octanol–water partition coefficient (Wildman–Crippen LogP) is -0.110. The Bertz CT molecular complexity index is 90.7. The van der Waals surface area contributed by atoms with Gasteiger partial charge in [-0.25, -0.2) is 0 Å². The molecule has 0 aliphatic carbocycles. The number of halogens is 1. The van der Waals surface area contributed by atoms with Crippen LogP contribution in [0, 0.1) is 11.4 Å². The summed E-state index contributed by atoms with van der Waals surface area (Å²) in [6.07, 6.45) is 0.454. The van der Waals surface area contributed by atoms with Crippen LogP contribution in [0.3, 0.4) is 0 Å². The third-order valence-electron chi connectivity index (χ3n) is 0.178. The van der Waals surface area contributed by atoms with Gasteiger partial charge in [0.1, 0.15) is 0 Å². The minimum atomic E-state index is 0.454. The molecule has 0 aromatic rings. The molecule has 0 saturated carbocycles. The zero-order valence-corrected chi connectivity index (χ0v) is 3.62. The van der Waals surface area contributed by atoms with E-state index < -0.39 is 0 Å². The van der Waals surface area contributed by atoms with Crippen molar-refractivity contribution >= 4 is 18.0 Å². The van der Waals surface area contributed by atoms with Gasteiger partial charge in [0.25, 0.3) is 0 Å². The molecule has 0 rings (SSSR count). The molecule has 0 aliphatic heterocycles. The molecule has 0 fully saturated rings. The summed E-state index contributed by atoms with van der Waals surface area (Å²) in [6, 6.07) is 2.10. The van der Waals surface area contributed by atoms with Crippen LogP contribution < -0.4 is 5.32 Å². The lowest BCUT2D eigenvalue weighted by Gasteiger charge is -1.66. The van der Waals surface area contributed by atoms with Crippen molar-refractivity contribution in [3.8, 4) is 11.4 Å². The fourth-order valence-electron chi connectivity index (χ4n) is 0.0567. The van der Waals surface area contributed by atoms with Gasteiger partial charge in [-0.1, -0.05) is 0 Å². The van der Waals surface area contributed by atoms with Crippen LogP contribution in [0.5, 0.6) is 0 Å². The van der Waals surface area contributed by atoms with E-state index in [4.69, 9.17) is 11.6 Å². The molecule has 0 aromatic carbocycles. The van der Waals surface area contributed by atoms with E-state index >= 15 is 0 Å². The van der Waals surface area contributed by atoms with Gasteiger partial charge in [0.2, 0.25) is 6.41 Å². The number of nitrogens with one attached hydrogen (secondary N) is 1. The number of carbonyl (C=O) groups is 1. The van der Waals surface area contributed by atoms with E-state index in [1.807, 2.05) is 10.7 Å². The molecule has 0 bridgehead atoms. The Hall–Kier alpha value is -0.680. The lowest BCUT2D eigenvalue weighted by atomic mass is 11.1. The maximum atomic E-state index is 9.29. The van der Waals surface area contributed by atoms with E-state index in [0.29, 0.717) is 6.41 Å². The molecule has 1 amide bonds. The standard InChI is InChI=1S/C3H2ClNO/c4-1-2-5-3-6/h3H,(H,5,6). The number of rotatable bonds is 1. The SMILES string of the molecule is O=CNC#CCl. The Kier molecular flexibility index (Phi) is 3.83. The van der Waals surface area contributed by atoms with E-state index in [1.54, 1.807) is 0 Å². The van der Waals surface area contributed by atoms with Crippen molar-refractivity contribution in [3.63, 3.8) is 0 Å². The van der Waals surface area contributed by atoms with E-state index in [1.165, 1.54) is 0 Å². The van der Waals surface area contributed by atoms with Crippen molar-refractivity contribution in [2.45, 2.75) is 0 Å². The minimum Gasteiger partial charge on any atom is -0.287 e. The maximum Gasteiger partial charge on any atom is 0.218 e. The van der Waals surface area contributed by atoms with Crippen molar-refractivity contribution in [1.82, 2.24) is 5.32 Å². The Labute approximate surface area is 40.5 Å². The zero-order chi connectivity index (χ0) is 4.83. The Morgan fingerprint density at radius 1 is 1.83 bits per heavy atom. The highest BCUT2D eigenvalue weighted by atomic mass is 35.5. The van der Waals surface area contributed by atoms with E-state index in [2.05, 4.69) is 6.04 Å². The van der Waals surface area contributed by atoms with Crippen molar-refractivity contribution in [1.29, 1.82) is 0 Å². The summed E-state index contributed by atoms with van der Waals surface area (Å²) < 4.78 is 0. The number of hydrogen-bond acceptors (Lipinski definition) is 1. The van der Waals surface area contributed by atoms with Crippen LogP contribution in [0.1, 0.15) is 0 Å². The Morgan fingerprint density at radius 2 is 2.50 bits per heavy atom. The minimum absolute atomic E-state index is 0.454. The number of amides is 1. The highest BCUT2D eigenvalue weighted by molar-refractivity contribution is 6.30. The summed E-state index contributed by atoms with van der Waals surface area (Å²) >= 11 is 4.80. The molecule has 0 unspecified atom stereocenters. The summed E-state index contributed by atoms with van der Waals surface area (Å²) in [6.45, 7) is 0. The van der Waals surface area contributed by atoms with Crippen molar-refractivity contribution in [2.24, 2.45) is 0 Å². The van der Waals surface area contributed by atoms with Gasteiger partial charge in [0.15, 0.2) is 0 Å². The third-order valence-corrected chi connectivity index (χ3v) is 0.273. The van der Waals surface area contributed by atoms with E-state index in [9.17, 15) is 4.79 Å². The van der Waals surface area contributed by atoms with E-state index in [0.717, 1.165) is 0 Å². The van der Waals surface area contributed by atoms with Gasteiger partial charge in [-0.2, -0.15) is 0 Å². The van der Waals surface area contributed by atoms with Crippen molar-refractivity contribution < 1.29 is 4.79 Å². The van der Waals surface area contributed by atoms with E-state index in [-0.39, 0.29) is 0 Å². The average molecular weight is 104 g/mol. The normalized spacial score (nSPS) is 4.83. The average Bonchev–Trinajstić information content (AvgIpc) is 1.61. The first-order chi connectivity index (χ1) is 2.91. The van der Waals surface area contributed by atoms with Crippen LogP contribution in [0.4, 0.5) is 0 Å². The van der Waals surface area contributed by atoms with Gasteiger partial charge in [0, 0.05) is 11.4 Å². The maximum absolute atomic E-state index is 9.29. The summed E-state index contributed by atoms with van der Waals surface area (Å²) in [4.78, 5) is 9.29. The first kappa shape index (κ1) is 5.32. The van der Waals surface area contributed by atoms with Crippen LogP contribution in [0.2, 0.25) is 0 Å². The first-order valence-corrected chi connectivity index (χ1v) is 1.59. The summed E-state index contributed by atoms with van der Waals surface area (Å²) in [5, 5.41) is 3.97. The summed E-state index contributed by atoms with van der Waals surface area (Å²) in [5.74, 6) is 0. The first-order valence-electron chi connectivity index (χ1n) is 1.21. The Morgan fingerprint density at radius 3 is 2.67 bits per heavy atom. The monoisotopic (exact) mass is 103 g/mol. The molecular weight excluding hydrogens is 101 g/mol. The summed E-state index contributed by atoms with van der Waals surface area (Å²) in [5.41, 5.74) is 0. The molecule has 3 heteroatoms. The molecule has 0 atom stereocenters. The van der Waals surface area contributed by atoms with Gasteiger partial charge in [-0.15, -0.1) is 0 Å². The molecule has 0 aromatic heterocycles. The van der Waals surface area contributed by atoms with Gasteiger partial charge < -0.3 is 0 Å². The van der Waals surface area contributed by atoms with Gasteiger partial charge in [-0.3, -0.25) is 10.1 Å². The van der Waals surface area contributed by atoms with Gasteiger partial charge >= 0.3 is 0 Å². The number of hydrogen-bond donors (Lipinski definition) is 1. The molecule has 0 radical (unpaired) electrons. The van der Waals surface area contributed by atoms with Crippen LogP contribution in [-0.4, -0.2) is 6.41 Å². The second kappa shape index (κ2) is 4.32. The van der Waals surface area contributed by atoms with Crippen LogP contribution in [0.25, 0.3) is 0 Å². The Balaban J connectivity index is 3.00. The highest BCUT2D eigenvalue weighted by Gasteiger charge is 1.55. The van der Waals surface area contributed by atoms with Gasteiger partial charge in [-0.05, 0) is 11.6 Å². The highest BCUT2D eigenvalue weighted by Crippen LogP contribution is 1.54. The van der Waals surface area contributed by atoms with Gasteiger partial charge in [0.05, 0.1) is 0 Å². The molecule has 6 heavy (non-hydrogen) atoms.